The van der Waals surface area contributed by atoms with Crippen LogP contribution in [0.1, 0.15) is 40.0 Å². The van der Waals surface area contributed by atoms with E-state index in [0.717, 1.165) is 19.4 Å². The number of esters is 1. The molecule has 0 aliphatic heterocycles. The highest BCUT2D eigenvalue weighted by molar-refractivity contribution is 14.0. The number of ether oxygens (including phenoxy) is 1. The number of carbonyl (C=O) groups is 1. The van der Waals surface area contributed by atoms with E-state index in [-0.39, 0.29) is 36.0 Å². The average molecular weight is 357 g/mol. The molecule has 0 fully saturated rings. The Morgan fingerprint density at radius 1 is 1.47 bits per heavy atom. The lowest BCUT2D eigenvalue weighted by Crippen LogP contribution is -2.33. The summed E-state index contributed by atoms with van der Waals surface area (Å²) in [6.07, 6.45) is 2.36. The number of aliphatic imine (C=N–C) groups is 1. The van der Waals surface area contributed by atoms with Crippen LogP contribution in [0.2, 0.25) is 0 Å². The second-order valence-corrected chi connectivity index (χ2v) is 3.84. The second kappa shape index (κ2) is 11.9. The first-order valence-corrected chi connectivity index (χ1v) is 5.79. The summed E-state index contributed by atoms with van der Waals surface area (Å²) < 4.78 is 4.97. The Kier molecular flexibility index (Phi) is 13.2. The molecule has 0 aromatic carbocycles. The molecule has 6 heteroatoms. The van der Waals surface area contributed by atoms with E-state index in [1.165, 1.54) is 0 Å². The van der Waals surface area contributed by atoms with Gasteiger partial charge in [-0.25, -0.2) is 0 Å². The smallest absolute Gasteiger partial charge is 0.307 e. The molecule has 0 spiro atoms. The van der Waals surface area contributed by atoms with Gasteiger partial charge in [0.15, 0.2) is 5.96 Å². The third-order valence-electron chi connectivity index (χ3n) is 1.80. The summed E-state index contributed by atoms with van der Waals surface area (Å²) >= 11 is 0. The van der Waals surface area contributed by atoms with Crippen molar-refractivity contribution in [2.24, 2.45) is 10.7 Å². The zero-order valence-corrected chi connectivity index (χ0v) is 13.2. The molecule has 0 bridgehead atoms. The third kappa shape index (κ3) is 13.4. The van der Waals surface area contributed by atoms with Crippen LogP contribution in [0.3, 0.4) is 0 Å². The number of hydrogen-bond donors (Lipinski definition) is 2. The first-order chi connectivity index (χ1) is 7.56. The van der Waals surface area contributed by atoms with Gasteiger partial charge in [0.05, 0.1) is 12.5 Å². The topological polar surface area (TPSA) is 76.7 Å². The van der Waals surface area contributed by atoms with Crippen molar-refractivity contribution in [3.05, 3.63) is 0 Å². The van der Waals surface area contributed by atoms with Crippen molar-refractivity contribution in [2.45, 2.75) is 46.1 Å². The molecule has 0 saturated heterocycles. The Bertz CT molecular complexity index is 233. The highest BCUT2D eigenvalue weighted by Crippen LogP contribution is 1.92. The van der Waals surface area contributed by atoms with Gasteiger partial charge in [-0.15, -0.1) is 24.0 Å². The first-order valence-electron chi connectivity index (χ1n) is 5.79. The number of rotatable bonds is 7. The summed E-state index contributed by atoms with van der Waals surface area (Å²) in [6, 6.07) is 0. The number of unbranched alkanes of at least 4 members (excludes halogenated alkanes) is 1. The summed E-state index contributed by atoms with van der Waals surface area (Å²) in [5.41, 5.74) is 5.59. The minimum absolute atomic E-state index is 0. The van der Waals surface area contributed by atoms with Crippen molar-refractivity contribution in [1.29, 1.82) is 0 Å². The van der Waals surface area contributed by atoms with E-state index < -0.39 is 0 Å². The van der Waals surface area contributed by atoms with Crippen LogP contribution in [-0.4, -0.2) is 31.1 Å². The van der Waals surface area contributed by atoms with Gasteiger partial charge in [-0.3, -0.25) is 9.79 Å². The van der Waals surface area contributed by atoms with Crippen molar-refractivity contribution in [3.63, 3.8) is 0 Å². The Balaban J connectivity index is 0. The standard InChI is InChI=1S/C11H23N3O2.HI/c1-4-5-7-13-11(12)14-8-6-10(15)16-9(2)3;/h9H,4-8H2,1-3H3,(H3,12,13,14);1H. The molecular formula is C11H24IN3O2. The number of carbonyl (C=O) groups excluding carboxylic acids is 1. The largest absolute Gasteiger partial charge is 0.463 e. The van der Waals surface area contributed by atoms with Crippen LogP contribution < -0.4 is 11.1 Å². The maximum absolute atomic E-state index is 11.2. The Morgan fingerprint density at radius 3 is 2.65 bits per heavy atom. The molecule has 0 aliphatic carbocycles. The van der Waals surface area contributed by atoms with Gasteiger partial charge in [0.2, 0.25) is 0 Å². The first kappa shape index (κ1) is 18.8. The van der Waals surface area contributed by atoms with Crippen LogP contribution >= 0.6 is 24.0 Å². The van der Waals surface area contributed by atoms with Crippen molar-refractivity contribution in [2.75, 3.05) is 13.1 Å². The predicted octanol–water partition coefficient (Wildman–Crippen LogP) is 1.65. The van der Waals surface area contributed by atoms with Gasteiger partial charge in [-0.1, -0.05) is 13.3 Å². The van der Waals surface area contributed by atoms with Gasteiger partial charge < -0.3 is 15.8 Å². The van der Waals surface area contributed by atoms with Crippen LogP contribution in [0.5, 0.6) is 0 Å². The summed E-state index contributed by atoms with van der Waals surface area (Å²) in [6.45, 7) is 6.94. The Hall–Kier alpha value is -0.530. The third-order valence-corrected chi connectivity index (χ3v) is 1.80. The molecule has 0 rings (SSSR count). The van der Waals surface area contributed by atoms with E-state index >= 15 is 0 Å². The maximum Gasteiger partial charge on any atom is 0.307 e. The fraction of sp³-hybridized carbons (Fsp3) is 0.818. The molecule has 0 aromatic rings. The van der Waals surface area contributed by atoms with E-state index in [1.54, 1.807) is 0 Å². The van der Waals surface area contributed by atoms with E-state index in [0.29, 0.717) is 18.9 Å². The maximum atomic E-state index is 11.2. The number of hydrogen-bond acceptors (Lipinski definition) is 3. The Labute approximate surface area is 121 Å². The number of guanidine groups is 1. The van der Waals surface area contributed by atoms with Crippen molar-refractivity contribution >= 4 is 35.9 Å². The van der Waals surface area contributed by atoms with E-state index in [9.17, 15) is 4.79 Å². The lowest BCUT2D eigenvalue weighted by Gasteiger charge is -2.08. The van der Waals surface area contributed by atoms with E-state index in [4.69, 9.17) is 10.5 Å². The number of nitrogens with one attached hydrogen (secondary N) is 1. The van der Waals surface area contributed by atoms with Crippen LogP contribution in [0.15, 0.2) is 4.99 Å². The van der Waals surface area contributed by atoms with Gasteiger partial charge in [-0.2, -0.15) is 0 Å². The average Bonchev–Trinajstić information content (AvgIpc) is 2.17. The lowest BCUT2D eigenvalue weighted by atomic mass is 10.3. The number of halogens is 1. The highest BCUT2D eigenvalue weighted by atomic mass is 127. The summed E-state index contributed by atoms with van der Waals surface area (Å²) in [5, 5.41) is 2.87. The molecular weight excluding hydrogens is 333 g/mol. The van der Waals surface area contributed by atoms with Gasteiger partial charge in [0.25, 0.3) is 0 Å². The molecule has 17 heavy (non-hydrogen) atoms. The molecule has 0 saturated carbocycles. The molecule has 0 amide bonds. The lowest BCUT2D eigenvalue weighted by molar-refractivity contribution is -0.147. The molecule has 0 atom stereocenters. The van der Waals surface area contributed by atoms with Gasteiger partial charge in [0, 0.05) is 13.1 Å². The fourth-order valence-electron chi connectivity index (χ4n) is 1.03. The fourth-order valence-corrected chi connectivity index (χ4v) is 1.03. The molecule has 3 N–H and O–H groups in total. The molecule has 0 radical (unpaired) electrons. The molecule has 0 unspecified atom stereocenters. The van der Waals surface area contributed by atoms with Gasteiger partial charge in [-0.05, 0) is 20.3 Å². The van der Waals surface area contributed by atoms with Crippen LogP contribution in [-0.2, 0) is 9.53 Å². The second-order valence-electron chi connectivity index (χ2n) is 3.84. The summed E-state index contributed by atoms with van der Waals surface area (Å²) in [7, 11) is 0. The molecule has 102 valence electrons. The minimum Gasteiger partial charge on any atom is -0.463 e. The van der Waals surface area contributed by atoms with Crippen molar-refractivity contribution in [1.82, 2.24) is 5.32 Å². The molecule has 5 nitrogen and oxygen atoms in total. The SMILES string of the molecule is CCCCN=C(N)NCCC(=O)OC(C)C.I. The monoisotopic (exact) mass is 357 g/mol. The van der Waals surface area contributed by atoms with Crippen LogP contribution in [0.4, 0.5) is 0 Å². The molecule has 0 heterocycles. The van der Waals surface area contributed by atoms with Crippen molar-refractivity contribution in [3.8, 4) is 0 Å². The van der Waals surface area contributed by atoms with E-state index in [2.05, 4.69) is 17.2 Å². The highest BCUT2D eigenvalue weighted by Gasteiger charge is 2.04. The summed E-state index contributed by atoms with van der Waals surface area (Å²) in [5.74, 6) is 0.176. The molecule has 0 aliphatic rings. The Morgan fingerprint density at radius 2 is 2.12 bits per heavy atom. The van der Waals surface area contributed by atoms with Gasteiger partial charge >= 0.3 is 5.97 Å². The van der Waals surface area contributed by atoms with Crippen molar-refractivity contribution < 1.29 is 9.53 Å². The van der Waals surface area contributed by atoms with E-state index in [1.807, 2.05) is 13.8 Å². The zero-order chi connectivity index (χ0) is 12.4. The van der Waals surface area contributed by atoms with Crippen LogP contribution in [0, 0.1) is 0 Å². The molecule has 0 aromatic heterocycles. The normalized spacial score (nSPS) is 10.9. The van der Waals surface area contributed by atoms with Gasteiger partial charge in [0.1, 0.15) is 0 Å². The predicted molar refractivity (Wildman–Crippen MR) is 80.7 cm³/mol. The van der Waals surface area contributed by atoms with Crippen LogP contribution in [0.25, 0.3) is 0 Å². The number of nitrogens with zero attached hydrogens (tertiary/aromatic N) is 1. The number of nitrogens with two attached hydrogens (primary N) is 1. The minimum atomic E-state index is -0.219. The summed E-state index contributed by atoms with van der Waals surface area (Å²) in [4.78, 5) is 15.3. The quantitative estimate of drug-likeness (QED) is 0.239. The zero-order valence-electron chi connectivity index (χ0n) is 10.9.